The van der Waals surface area contributed by atoms with Crippen molar-refractivity contribution >= 4 is 18.0 Å². The second-order valence-electron chi connectivity index (χ2n) is 4.12. The summed E-state index contributed by atoms with van der Waals surface area (Å²) < 4.78 is 10.9. The van der Waals surface area contributed by atoms with Crippen LogP contribution in [0.15, 0.2) is 23.9 Å². The number of rotatable bonds is 7. The van der Waals surface area contributed by atoms with E-state index in [2.05, 4.69) is 5.32 Å². The first kappa shape index (κ1) is 16.6. The van der Waals surface area contributed by atoms with Crippen LogP contribution in [0.25, 0.3) is 6.08 Å². The average Bonchev–Trinajstić information content (AvgIpc) is 2.41. The van der Waals surface area contributed by atoms with Gasteiger partial charge in [-0.2, -0.15) is 0 Å². The zero-order chi connectivity index (χ0) is 15.8. The maximum absolute atomic E-state index is 11.1. The fourth-order valence-corrected chi connectivity index (χ4v) is 1.67. The van der Waals surface area contributed by atoms with Gasteiger partial charge in [-0.05, 0) is 37.6 Å². The molecule has 1 aromatic carbocycles. The minimum atomic E-state index is -1.21. The van der Waals surface area contributed by atoms with Crippen molar-refractivity contribution in [2.45, 2.75) is 20.8 Å². The van der Waals surface area contributed by atoms with Crippen LogP contribution in [0.1, 0.15) is 26.3 Å². The summed E-state index contributed by atoms with van der Waals surface area (Å²) in [6, 6.07) is 5.06. The second-order valence-corrected chi connectivity index (χ2v) is 4.12. The Labute approximate surface area is 123 Å². The molecular formula is C15H19NO5. The van der Waals surface area contributed by atoms with Crippen LogP contribution in [0, 0.1) is 0 Å². The number of ether oxygens (including phenoxy) is 2. The van der Waals surface area contributed by atoms with Crippen LogP contribution in [-0.2, 0) is 9.59 Å². The van der Waals surface area contributed by atoms with Gasteiger partial charge in [0.25, 0.3) is 0 Å². The van der Waals surface area contributed by atoms with E-state index in [0.717, 1.165) is 0 Å². The Balaban J connectivity index is 3.14. The van der Waals surface area contributed by atoms with Crippen molar-refractivity contribution in [1.29, 1.82) is 0 Å². The van der Waals surface area contributed by atoms with Crippen molar-refractivity contribution in [2.24, 2.45) is 0 Å². The highest BCUT2D eigenvalue weighted by Crippen LogP contribution is 2.29. The number of aliphatic carboxylic acids is 1. The Morgan fingerprint density at radius 2 is 1.81 bits per heavy atom. The number of nitrogens with one attached hydrogen (secondary N) is 1. The van der Waals surface area contributed by atoms with Gasteiger partial charge in [-0.3, -0.25) is 4.79 Å². The molecule has 0 unspecified atom stereocenters. The molecule has 0 saturated carbocycles. The standard InChI is InChI=1S/C15H19NO5/c1-4-20-13-7-6-11(9-14(13)21-5-2)8-12(15(18)19)16-10(3)17/h6-9H,4-5H2,1-3H3,(H,16,17)(H,18,19). The molecule has 0 atom stereocenters. The maximum atomic E-state index is 11.1. The van der Waals surface area contributed by atoms with Gasteiger partial charge in [0.05, 0.1) is 13.2 Å². The van der Waals surface area contributed by atoms with Gasteiger partial charge < -0.3 is 19.9 Å². The molecule has 2 N–H and O–H groups in total. The van der Waals surface area contributed by atoms with Crippen molar-refractivity contribution in [2.75, 3.05) is 13.2 Å². The predicted molar refractivity (Wildman–Crippen MR) is 78.2 cm³/mol. The third kappa shape index (κ3) is 5.18. The van der Waals surface area contributed by atoms with Crippen molar-refractivity contribution in [3.05, 3.63) is 29.5 Å². The highest BCUT2D eigenvalue weighted by Gasteiger charge is 2.10. The summed E-state index contributed by atoms with van der Waals surface area (Å²) >= 11 is 0. The normalized spacial score (nSPS) is 10.9. The van der Waals surface area contributed by atoms with Crippen molar-refractivity contribution in [1.82, 2.24) is 5.32 Å². The van der Waals surface area contributed by atoms with Gasteiger partial charge in [0.1, 0.15) is 5.70 Å². The van der Waals surface area contributed by atoms with E-state index in [1.165, 1.54) is 13.0 Å². The van der Waals surface area contributed by atoms with Crippen molar-refractivity contribution in [3.63, 3.8) is 0 Å². The number of carbonyl (C=O) groups excluding carboxylic acids is 1. The number of carboxylic acids is 1. The van der Waals surface area contributed by atoms with E-state index in [4.69, 9.17) is 14.6 Å². The molecule has 6 nitrogen and oxygen atoms in total. The molecule has 0 spiro atoms. The summed E-state index contributed by atoms with van der Waals surface area (Å²) in [5, 5.41) is 11.3. The summed E-state index contributed by atoms with van der Waals surface area (Å²) in [6.07, 6.45) is 1.36. The Hall–Kier alpha value is -2.50. The zero-order valence-corrected chi connectivity index (χ0v) is 12.3. The third-order valence-electron chi connectivity index (χ3n) is 2.42. The van der Waals surface area contributed by atoms with E-state index in [1.807, 2.05) is 13.8 Å². The first-order valence-corrected chi connectivity index (χ1v) is 6.60. The van der Waals surface area contributed by atoms with Gasteiger partial charge in [-0.15, -0.1) is 0 Å². The van der Waals surface area contributed by atoms with Crippen LogP contribution in [0.3, 0.4) is 0 Å². The summed E-state index contributed by atoms with van der Waals surface area (Å²) in [7, 11) is 0. The first-order chi connectivity index (χ1) is 9.97. The second kappa shape index (κ2) is 7.94. The maximum Gasteiger partial charge on any atom is 0.352 e. The van der Waals surface area contributed by atoms with Crippen LogP contribution in [0.4, 0.5) is 0 Å². The number of carbonyl (C=O) groups is 2. The van der Waals surface area contributed by atoms with Gasteiger partial charge in [-0.25, -0.2) is 4.79 Å². The molecule has 21 heavy (non-hydrogen) atoms. The van der Waals surface area contributed by atoms with E-state index >= 15 is 0 Å². The number of hydrogen-bond donors (Lipinski definition) is 2. The minimum absolute atomic E-state index is 0.200. The lowest BCUT2D eigenvalue weighted by Crippen LogP contribution is -2.24. The quantitative estimate of drug-likeness (QED) is 0.751. The molecule has 0 bridgehead atoms. The summed E-state index contributed by atoms with van der Waals surface area (Å²) in [6.45, 7) is 5.92. The first-order valence-electron chi connectivity index (χ1n) is 6.60. The molecule has 0 saturated heterocycles. The topological polar surface area (TPSA) is 84.9 Å². The van der Waals surface area contributed by atoms with Gasteiger partial charge in [0.2, 0.25) is 5.91 Å². The molecule has 0 aromatic heterocycles. The molecule has 0 heterocycles. The lowest BCUT2D eigenvalue weighted by atomic mass is 10.1. The average molecular weight is 293 g/mol. The number of hydrogen-bond acceptors (Lipinski definition) is 4. The van der Waals surface area contributed by atoms with Gasteiger partial charge in [0.15, 0.2) is 11.5 Å². The van der Waals surface area contributed by atoms with Crippen LogP contribution in [0.5, 0.6) is 11.5 Å². The molecule has 0 fully saturated rings. The predicted octanol–water partition coefficient (Wildman–Crippen LogP) is 2.05. The number of amides is 1. The smallest absolute Gasteiger partial charge is 0.352 e. The van der Waals surface area contributed by atoms with E-state index < -0.39 is 11.9 Å². The highest BCUT2D eigenvalue weighted by atomic mass is 16.5. The summed E-state index contributed by atoms with van der Waals surface area (Å²) in [5.74, 6) is -0.537. The lowest BCUT2D eigenvalue weighted by molar-refractivity contribution is -0.134. The van der Waals surface area contributed by atoms with Crippen molar-refractivity contribution < 1.29 is 24.2 Å². The van der Waals surface area contributed by atoms with Crippen LogP contribution < -0.4 is 14.8 Å². The van der Waals surface area contributed by atoms with E-state index in [0.29, 0.717) is 30.3 Å². The molecule has 0 aliphatic carbocycles. The van der Waals surface area contributed by atoms with Crippen LogP contribution in [-0.4, -0.2) is 30.2 Å². The SMILES string of the molecule is CCOc1ccc(C=C(NC(C)=O)C(=O)O)cc1OCC. The molecule has 114 valence electrons. The fraction of sp³-hybridized carbons (Fsp3) is 0.333. The van der Waals surface area contributed by atoms with E-state index in [-0.39, 0.29) is 5.70 Å². The Kier molecular flexibility index (Phi) is 6.26. The zero-order valence-electron chi connectivity index (χ0n) is 12.3. The van der Waals surface area contributed by atoms with Gasteiger partial charge >= 0.3 is 5.97 Å². The Bertz CT molecular complexity index is 551. The monoisotopic (exact) mass is 293 g/mol. The van der Waals surface area contributed by atoms with Crippen molar-refractivity contribution in [3.8, 4) is 11.5 Å². The molecule has 1 rings (SSSR count). The van der Waals surface area contributed by atoms with E-state index in [9.17, 15) is 9.59 Å². The van der Waals surface area contributed by atoms with Gasteiger partial charge in [-0.1, -0.05) is 6.07 Å². The Morgan fingerprint density at radius 1 is 1.19 bits per heavy atom. The number of benzene rings is 1. The Morgan fingerprint density at radius 3 is 2.33 bits per heavy atom. The molecule has 1 aromatic rings. The summed E-state index contributed by atoms with van der Waals surface area (Å²) in [4.78, 5) is 22.1. The van der Waals surface area contributed by atoms with E-state index in [1.54, 1.807) is 18.2 Å². The molecule has 0 aliphatic rings. The highest BCUT2D eigenvalue weighted by molar-refractivity contribution is 5.96. The minimum Gasteiger partial charge on any atom is -0.490 e. The van der Waals surface area contributed by atoms with Gasteiger partial charge in [0, 0.05) is 6.92 Å². The lowest BCUT2D eigenvalue weighted by Gasteiger charge is -2.11. The third-order valence-corrected chi connectivity index (χ3v) is 2.42. The molecule has 6 heteroatoms. The molecule has 0 aliphatic heterocycles. The van der Waals surface area contributed by atoms with Crippen LogP contribution in [0.2, 0.25) is 0 Å². The molecule has 0 radical (unpaired) electrons. The largest absolute Gasteiger partial charge is 0.490 e. The fourth-order valence-electron chi connectivity index (χ4n) is 1.67. The number of carboxylic acid groups (broad SMARTS) is 1. The molecular weight excluding hydrogens is 274 g/mol. The van der Waals surface area contributed by atoms with Crippen LogP contribution >= 0.6 is 0 Å². The summed E-state index contributed by atoms with van der Waals surface area (Å²) in [5.41, 5.74) is 0.391. The molecule has 1 amide bonds.